The minimum atomic E-state index is -3.19. The Kier molecular flexibility index (Phi) is 9.39. The first kappa shape index (κ1) is 27.9. The summed E-state index contributed by atoms with van der Waals surface area (Å²) in [4.78, 5) is 21.6. The fraction of sp³-hybridized carbons (Fsp3) is 0.269. The van der Waals surface area contributed by atoms with Crippen LogP contribution in [0.25, 0.3) is 11.1 Å². The van der Waals surface area contributed by atoms with Gasteiger partial charge in [-0.25, -0.2) is 4.39 Å². The molecule has 1 aliphatic rings. The molecule has 9 nitrogen and oxygen atoms in total. The molecule has 0 bridgehead atoms. The van der Waals surface area contributed by atoms with Gasteiger partial charge in [0.15, 0.2) is 0 Å². The topological polar surface area (TPSA) is 119 Å². The number of aliphatic hydroxyl groups is 1. The molecule has 0 aliphatic carbocycles. The van der Waals surface area contributed by atoms with Gasteiger partial charge in [-0.1, -0.05) is 23.3 Å². The predicted molar refractivity (Wildman–Crippen MR) is 140 cm³/mol. The van der Waals surface area contributed by atoms with E-state index in [1.807, 2.05) is 12.2 Å². The molecular formula is C26H24F3N5O4S. The standard InChI is InChI=1S/C26H24F3N5O4S/c1-15-10-18(22-20(27)8-5-9-21(22)38-24(28)29)19(12-30-15)23(36)32-25-33-34-26(39-25)37-14-17-7-4-2-3-6-16(13-35)11-31-17/h5-12,24,35H,2-4,13-14H2,1H3,(H,32,33,36)/b16-6-,17-7-,31-11-. The molecule has 13 heteroatoms. The van der Waals surface area contributed by atoms with Crippen LogP contribution in [0.15, 0.2) is 58.9 Å². The third kappa shape index (κ3) is 7.48. The molecule has 204 valence electrons. The lowest BCUT2D eigenvalue weighted by Gasteiger charge is -2.15. The minimum Gasteiger partial charge on any atom is -0.462 e. The number of aromatic nitrogens is 3. The van der Waals surface area contributed by atoms with Gasteiger partial charge in [0, 0.05) is 23.7 Å². The van der Waals surface area contributed by atoms with Crippen LogP contribution in [-0.4, -0.2) is 52.2 Å². The summed E-state index contributed by atoms with van der Waals surface area (Å²) < 4.78 is 50.9. The summed E-state index contributed by atoms with van der Waals surface area (Å²) in [5, 5.41) is 20.0. The van der Waals surface area contributed by atoms with Crippen LogP contribution in [0.5, 0.6) is 10.9 Å². The average molecular weight is 560 g/mol. The second-order valence-electron chi connectivity index (χ2n) is 8.30. The number of aliphatic imine (C=N–C) groups is 1. The van der Waals surface area contributed by atoms with E-state index >= 15 is 0 Å². The van der Waals surface area contributed by atoms with Gasteiger partial charge in [0.1, 0.15) is 18.2 Å². The molecule has 0 unspecified atom stereocenters. The van der Waals surface area contributed by atoms with Gasteiger partial charge in [-0.15, -0.1) is 5.10 Å². The molecule has 0 saturated carbocycles. The number of carbonyl (C=O) groups is 1. The second kappa shape index (κ2) is 13.1. The maximum Gasteiger partial charge on any atom is 0.387 e. The Morgan fingerprint density at radius 3 is 2.85 bits per heavy atom. The molecule has 39 heavy (non-hydrogen) atoms. The number of hydrogen-bond acceptors (Lipinski definition) is 9. The zero-order valence-electron chi connectivity index (χ0n) is 20.7. The van der Waals surface area contributed by atoms with Gasteiger partial charge in [-0.3, -0.25) is 20.1 Å². The molecule has 2 aromatic heterocycles. The lowest BCUT2D eigenvalue weighted by molar-refractivity contribution is -0.0495. The summed E-state index contributed by atoms with van der Waals surface area (Å²) in [6.45, 7) is -1.57. The zero-order valence-corrected chi connectivity index (χ0v) is 21.6. The number of nitrogens with zero attached hydrogens (tertiary/aromatic N) is 4. The second-order valence-corrected chi connectivity index (χ2v) is 9.24. The highest BCUT2D eigenvalue weighted by molar-refractivity contribution is 7.17. The monoisotopic (exact) mass is 559 g/mol. The van der Waals surface area contributed by atoms with E-state index in [9.17, 15) is 23.1 Å². The van der Waals surface area contributed by atoms with Crippen molar-refractivity contribution in [2.45, 2.75) is 32.8 Å². The minimum absolute atomic E-state index is 0.0241. The number of alkyl halides is 2. The summed E-state index contributed by atoms with van der Waals surface area (Å²) in [5.74, 6) is -1.97. The summed E-state index contributed by atoms with van der Waals surface area (Å²) in [6.07, 6.45) is 9.22. The van der Waals surface area contributed by atoms with Crippen LogP contribution in [0.4, 0.5) is 18.3 Å². The number of aryl methyl sites for hydroxylation is 1. The van der Waals surface area contributed by atoms with Crippen molar-refractivity contribution in [3.05, 3.63) is 71.0 Å². The summed E-state index contributed by atoms with van der Waals surface area (Å²) in [7, 11) is 0. The largest absolute Gasteiger partial charge is 0.462 e. The van der Waals surface area contributed by atoms with Crippen LogP contribution in [0.3, 0.4) is 0 Å². The van der Waals surface area contributed by atoms with Crippen LogP contribution in [-0.2, 0) is 0 Å². The van der Waals surface area contributed by atoms with Crippen LogP contribution in [0.1, 0.15) is 35.3 Å². The molecular weight excluding hydrogens is 535 g/mol. The molecule has 0 spiro atoms. The Bertz CT molecular complexity index is 1420. The van der Waals surface area contributed by atoms with Crippen LogP contribution in [0, 0.1) is 12.7 Å². The normalized spacial score (nSPS) is 17.2. The van der Waals surface area contributed by atoms with Crippen molar-refractivity contribution < 1.29 is 32.5 Å². The molecule has 1 amide bonds. The molecule has 1 aliphatic heterocycles. The van der Waals surface area contributed by atoms with Crippen molar-refractivity contribution in [1.29, 1.82) is 0 Å². The van der Waals surface area contributed by atoms with E-state index in [0.717, 1.165) is 42.2 Å². The van der Waals surface area contributed by atoms with E-state index in [4.69, 9.17) is 4.74 Å². The molecule has 0 radical (unpaired) electrons. The summed E-state index contributed by atoms with van der Waals surface area (Å²) >= 11 is 0.957. The number of carbonyl (C=O) groups excluding carboxylic acids is 1. The smallest absolute Gasteiger partial charge is 0.387 e. The number of halogens is 3. The zero-order chi connectivity index (χ0) is 27.8. The van der Waals surface area contributed by atoms with Crippen LogP contribution < -0.4 is 14.8 Å². The Morgan fingerprint density at radius 2 is 2.05 bits per heavy atom. The number of nitrogens with one attached hydrogen (secondary N) is 1. The number of benzene rings is 1. The van der Waals surface area contributed by atoms with Gasteiger partial charge in [-0.2, -0.15) is 8.78 Å². The fourth-order valence-corrected chi connectivity index (χ4v) is 4.26. The Balaban J connectivity index is 1.50. The lowest BCUT2D eigenvalue weighted by atomic mass is 9.98. The first-order valence-corrected chi connectivity index (χ1v) is 12.7. The highest BCUT2D eigenvalue weighted by atomic mass is 32.1. The molecule has 0 fully saturated rings. The average Bonchev–Trinajstić information content (AvgIpc) is 3.38. The number of ether oxygens (including phenoxy) is 2. The van der Waals surface area contributed by atoms with Crippen molar-refractivity contribution in [1.82, 2.24) is 15.2 Å². The Morgan fingerprint density at radius 1 is 1.23 bits per heavy atom. The van der Waals surface area contributed by atoms with E-state index in [1.165, 1.54) is 24.4 Å². The number of allylic oxidation sites excluding steroid dienone is 2. The van der Waals surface area contributed by atoms with Crippen molar-refractivity contribution in [2.24, 2.45) is 4.99 Å². The fourth-order valence-electron chi connectivity index (χ4n) is 3.67. The van der Waals surface area contributed by atoms with E-state index in [1.54, 1.807) is 13.1 Å². The quantitative estimate of drug-likeness (QED) is 0.363. The van der Waals surface area contributed by atoms with Gasteiger partial charge in [0.2, 0.25) is 5.13 Å². The molecule has 2 N–H and O–H groups in total. The van der Waals surface area contributed by atoms with Gasteiger partial charge >= 0.3 is 6.61 Å². The van der Waals surface area contributed by atoms with Gasteiger partial charge in [-0.05, 0) is 61.3 Å². The highest BCUT2D eigenvalue weighted by Crippen LogP contribution is 2.36. The SMILES string of the molecule is Cc1cc(-c2c(F)cccc2OC(F)F)c(C(=O)Nc2nnc(OCC3=C/CCC/C=C(CO)/C=N\3)s2)cn1. The van der Waals surface area contributed by atoms with Crippen LogP contribution in [0.2, 0.25) is 0 Å². The number of aliphatic hydroxyl groups excluding tert-OH is 1. The molecule has 0 saturated heterocycles. The van der Waals surface area contributed by atoms with Gasteiger partial charge < -0.3 is 14.6 Å². The lowest BCUT2D eigenvalue weighted by Crippen LogP contribution is -2.14. The van der Waals surface area contributed by atoms with Crippen LogP contribution >= 0.6 is 11.3 Å². The molecule has 4 rings (SSSR count). The summed E-state index contributed by atoms with van der Waals surface area (Å²) in [5.41, 5.74) is 1.45. The molecule has 0 atom stereocenters. The maximum atomic E-state index is 14.8. The number of anilines is 1. The predicted octanol–water partition coefficient (Wildman–Crippen LogP) is 5.34. The van der Waals surface area contributed by atoms with Crippen molar-refractivity contribution in [3.8, 4) is 22.1 Å². The number of amides is 1. The first-order valence-electron chi connectivity index (χ1n) is 11.8. The van der Waals surface area contributed by atoms with Gasteiger partial charge in [0.05, 0.1) is 23.4 Å². The van der Waals surface area contributed by atoms with E-state index in [0.29, 0.717) is 11.4 Å². The third-order valence-electron chi connectivity index (χ3n) is 5.49. The van der Waals surface area contributed by atoms with E-state index in [-0.39, 0.29) is 40.2 Å². The van der Waals surface area contributed by atoms with Gasteiger partial charge in [0.25, 0.3) is 11.1 Å². The van der Waals surface area contributed by atoms with Crippen molar-refractivity contribution in [2.75, 3.05) is 18.5 Å². The van der Waals surface area contributed by atoms with Crippen molar-refractivity contribution in [3.63, 3.8) is 0 Å². The Labute approximate surface area is 225 Å². The molecule has 3 heterocycles. The number of rotatable bonds is 9. The van der Waals surface area contributed by atoms with Crippen molar-refractivity contribution >= 4 is 28.6 Å². The highest BCUT2D eigenvalue weighted by Gasteiger charge is 2.23. The molecule has 3 aromatic rings. The van der Waals surface area contributed by atoms with E-state index < -0.39 is 24.1 Å². The third-order valence-corrected chi connectivity index (χ3v) is 6.24. The molecule has 1 aromatic carbocycles. The summed E-state index contributed by atoms with van der Waals surface area (Å²) in [6, 6.07) is 4.91. The Hall–Kier alpha value is -4.10. The number of pyridine rings is 1. The number of hydrogen-bond donors (Lipinski definition) is 2. The van der Waals surface area contributed by atoms with E-state index in [2.05, 4.69) is 30.2 Å². The maximum absolute atomic E-state index is 14.8. The first-order chi connectivity index (χ1) is 18.8.